The van der Waals surface area contributed by atoms with Crippen LogP contribution in [0.3, 0.4) is 0 Å². The standard InChI is InChI=1S/C22H23NO4/c1-22(2)11-12-23(19(22)20(24)25)21(26)27-13-18-16-9-5-3-7-14(16)15-8-4-6-10-17(15)18/h3-10,18-19H,11-13H2,1-2H3,(H,24,25). The van der Waals surface area contributed by atoms with Crippen molar-refractivity contribution in [2.75, 3.05) is 13.2 Å². The third-order valence-corrected chi connectivity index (χ3v) is 5.85. The molecule has 5 heteroatoms. The van der Waals surface area contributed by atoms with E-state index >= 15 is 0 Å². The number of rotatable bonds is 3. The van der Waals surface area contributed by atoms with E-state index in [4.69, 9.17) is 4.74 Å². The van der Waals surface area contributed by atoms with E-state index in [1.165, 1.54) is 16.0 Å². The summed E-state index contributed by atoms with van der Waals surface area (Å²) >= 11 is 0. The molecule has 4 rings (SSSR count). The highest BCUT2D eigenvalue weighted by molar-refractivity contribution is 5.82. The molecule has 1 unspecified atom stereocenters. The van der Waals surface area contributed by atoms with Crippen molar-refractivity contribution < 1.29 is 19.4 Å². The van der Waals surface area contributed by atoms with Crippen LogP contribution in [-0.2, 0) is 9.53 Å². The minimum atomic E-state index is -0.981. The zero-order valence-corrected chi connectivity index (χ0v) is 15.5. The maximum absolute atomic E-state index is 12.7. The SMILES string of the molecule is CC1(C)CCN(C(=O)OCC2c3ccccc3-c3ccccc32)C1C(=O)O. The summed E-state index contributed by atoms with van der Waals surface area (Å²) in [7, 11) is 0. The number of carboxylic acids is 1. The number of carbonyl (C=O) groups is 2. The lowest BCUT2D eigenvalue weighted by molar-refractivity contribution is -0.144. The van der Waals surface area contributed by atoms with Crippen LogP contribution >= 0.6 is 0 Å². The fraction of sp³-hybridized carbons (Fsp3) is 0.364. The van der Waals surface area contributed by atoms with Crippen molar-refractivity contribution >= 4 is 12.1 Å². The van der Waals surface area contributed by atoms with Crippen LogP contribution in [-0.4, -0.2) is 41.3 Å². The average Bonchev–Trinajstić information content (AvgIpc) is 3.14. The molecule has 27 heavy (non-hydrogen) atoms. The van der Waals surface area contributed by atoms with E-state index in [0.29, 0.717) is 13.0 Å². The van der Waals surface area contributed by atoms with Gasteiger partial charge in [-0.25, -0.2) is 9.59 Å². The highest BCUT2D eigenvalue weighted by Crippen LogP contribution is 2.44. The maximum Gasteiger partial charge on any atom is 0.410 e. The van der Waals surface area contributed by atoms with Gasteiger partial charge in [-0.1, -0.05) is 62.4 Å². The molecule has 0 saturated carbocycles. The molecular weight excluding hydrogens is 342 g/mol. The van der Waals surface area contributed by atoms with E-state index in [1.807, 2.05) is 38.1 Å². The number of amides is 1. The summed E-state index contributed by atoms with van der Waals surface area (Å²) < 4.78 is 5.62. The number of benzene rings is 2. The lowest BCUT2D eigenvalue weighted by Gasteiger charge is -2.28. The fourth-order valence-corrected chi connectivity index (χ4v) is 4.44. The van der Waals surface area contributed by atoms with Crippen molar-refractivity contribution in [3.63, 3.8) is 0 Å². The van der Waals surface area contributed by atoms with E-state index in [-0.39, 0.29) is 12.5 Å². The molecular formula is C22H23NO4. The second-order valence-electron chi connectivity index (χ2n) is 7.98. The van der Waals surface area contributed by atoms with E-state index in [2.05, 4.69) is 24.3 Å². The Morgan fingerprint density at radius 3 is 2.19 bits per heavy atom. The third-order valence-electron chi connectivity index (χ3n) is 5.85. The number of hydrogen-bond donors (Lipinski definition) is 1. The minimum absolute atomic E-state index is 0.0276. The lowest BCUT2D eigenvalue weighted by atomic mass is 9.85. The van der Waals surface area contributed by atoms with Gasteiger partial charge < -0.3 is 9.84 Å². The summed E-state index contributed by atoms with van der Waals surface area (Å²) in [5.74, 6) is -1.01. The van der Waals surface area contributed by atoms with Gasteiger partial charge in [0.2, 0.25) is 0 Å². The summed E-state index contributed by atoms with van der Waals surface area (Å²) in [5.41, 5.74) is 4.16. The van der Waals surface area contributed by atoms with Crippen LogP contribution in [0.2, 0.25) is 0 Å². The van der Waals surface area contributed by atoms with Gasteiger partial charge in [-0.15, -0.1) is 0 Å². The quantitative estimate of drug-likeness (QED) is 0.888. The number of nitrogens with zero attached hydrogens (tertiary/aromatic N) is 1. The van der Waals surface area contributed by atoms with E-state index < -0.39 is 23.5 Å². The monoisotopic (exact) mass is 365 g/mol. The zero-order valence-electron chi connectivity index (χ0n) is 15.5. The second-order valence-corrected chi connectivity index (χ2v) is 7.98. The number of aliphatic carboxylic acids is 1. The molecule has 0 bridgehead atoms. The molecule has 2 aromatic carbocycles. The third kappa shape index (κ3) is 2.87. The van der Waals surface area contributed by atoms with Crippen molar-refractivity contribution in [2.45, 2.75) is 32.2 Å². The van der Waals surface area contributed by atoms with E-state index in [9.17, 15) is 14.7 Å². The summed E-state index contributed by atoms with van der Waals surface area (Å²) in [6.45, 7) is 4.36. The fourth-order valence-electron chi connectivity index (χ4n) is 4.44. The van der Waals surface area contributed by atoms with Crippen molar-refractivity contribution in [1.29, 1.82) is 0 Å². The molecule has 2 aliphatic rings. The Hall–Kier alpha value is -2.82. The van der Waals surface area contributed by atoms with Crippen LogP contribution in [0.1, 0.15) is 37.3 Å². The molecule has 0 spiro atoms. The predicted octanol–water partition coefficient (Wildman–Crippen LogP) is 4.12. The van der Waals surface area contributed by atoms with Crippen molar-refractivity contribution in [3.8, 4) is 11.1 Å². The first-order chi connectivity index (χ1) is 12.9. The Labute approximate surface area is 158 Å². The van der Waals surface area contributed by atoms with Crippen molar-refractivity contribution in [1.82, 2.24) is 4.90 Å². The first-order valence-electron chi connectivity index (χ1n) is 9.24. The van der Waals surface area contributed by atoms with Crippen LogP contribution in [0.5, 0.6) is 0 Å². The van der Waals surface area contributed by atoms with Gasteiger partial charge in [0.25, 0.3) is 0 Å². The largest absolute Gasteiger partial charge is 0.480 e. The average molecular weight is 365 g/mol. The first-order valence-corrected chi connectivity index (χ1v) is 9.24. The van der Waals surface area contributed by atoms with Gasteiger partial charge >= 0.3 is 12.1 Å². The molecule has 1 atom stereocenters. The van der Waals surface area contributed by atoms with Crippen molar-refractivity contribution in [2.24, 2.45) is 5.41 Å². The molecule has 1 N–H and O–H groups in total. The Balaban J connectivity index is 1.54. The van der Waals surface area contributed by atoms with Gasteiger partial charge in [0.15, 0.2) is 0 Å². The Kier molecular flexibility index (Phi) is 4.17. The Bertz CT molecular complexity index is 859. The zero-order chi connectivity index (χ0) is 19.2. The summed E-state index contributed by atoms with van der Waals surface area (Å²) in [5, 5.41) is 9.56. The molecule has 1 aliphatic carbocycles. The molecule has 1 saturated heterocycles. The van der Waals surface area contributed by atoms with Gasteiger partial charge in [-0.3, -0.25) is 4.90 Å². The van der Waals surface area contributed by atoms with Gasteiger partial charge in [0.05, 0.1) is 0 Å². The number of hydrogen-bond acceptors (Lipinski definition) is 3. The van der Waals surface area contributed by atoms with Crippen LogP contribution in [0.15, 0.2) is 48.5 Å². The highest BCUT2D eigenvalue weighted by Gasteiger charge is 2.48. The van der Waals surface area contributed by atoms with E-state index in [1.54, 1.807) is 0 Å². The number of ether oxygens (including phenoxy) is 1. The minimum Gasteiger partial charge on any atom is -0.480 e. The summed E-state index contributed by atoms with van der Waals surface area (Å²) in [6.07, 6.45) is 0.101. The number of carboxylic acid groups (broad SMARTS) is 1. The van der Waals surface area contributed by atoms with Crippen LogP contribution in [0.4, 0.5) is 4.79 Å². The molecule has 0 radical (unpaired) electrons. The Morgan fingerprint density at radius 2 is 1.63 bits per heavy atom. The molecule has 0 aromatic heterocycles. The summed E-state index contributed by atoms with van der Waals surface area (Å²) in [6, 6.07) is 15.4. The molecule has 1 heterocycles. The van der Waals surface area contributed by atoms with Crippen LogP contribution < -0.4 is 0 Å². The maximum atomic E-state index is 12.7. The lowest BCUT2D eigenvalue weighted by Crippen LogP contribution is -2.46. The van der Waals surface area contributed by atoms with Crippen LogP contribution in [0.25, 0.3) is 11.1 Å². The van der Waals surface area contributed by atoms with E-state index in [0.717, 1.165) is 11.1 Å². The molecule has 1 amide bonds. The topological polar surface area (TPSA) is 66.8 Å². The predicted molar refractivity (Wildman–Crippen MR) is 102 cm³/mol. The van der Waals surface area contributed by atoms with Gasteiger partial charge in [0, 0.05) is 12.5 Å². The summed E-state index contributed by atoms with van der Waals surface area (Å²) in [4.78, 5) is 25.7. The number of likely N-dealkylation sites (tertiary alicyclic amines) is 1. The van der Waals surface area contributed by atoms with Crippen LogP contribution in [0, 0.1) is 5.41 Å². The van der Waals surface area contributed by atoms with Gasteiger partial charge in [0.1, 0.15) is 12.6 Å². The molecule has 5 nitrogen and oxygen atoms in total. The smallest absolute Gasteiger partial charge is 0.410 e. The number of carbonyl (C=O) groups excluding carboxylic acids is 1. The van der Waals surface area contributed by atoms with Crippen molar-refractivity contribution in [3.05, 3.63) is 59.7 Å². The number of fused-ring (bicyclic) bond motifs is 3. The molecule has 1 fully saturated rings. The molecule has 2 aromatic rings. The molecule has 1 aliphatic heterocycles. The van der Waals surface area contributed by atoms with Gasteiger partial charge in [-0.05, 0) is 34.1 Å². The molecule has 140 valence electrons. The second kappa shape index (κ2) is 6.41. The highest BCUT2D eigenvalue weighted by atomic mass is 16.6. The first kappa shape index (κ1) is 17.6. The normalized spacial score (nSPS) is 20.2. The Morgan fingerprint density at radius 1 is 1.07 bits per heavy atom. The van der Waals surface area contributed by atoms with Gasteiger partial charge in [-0.2, -0.15) is 0 Å².